The molecule has 0 saturated carbocycles. The average Bonchev–Trinajstić information content (AvgIpc) is 2.68. The van der Waals surface area contributed by atoms with Gasteiger partial charge in [-0.15, -0.1) is 0 Å². The monoisotopic (exact) mass is 271 g/mol. The highest BCUT2D eigenvalue weighted by Gasteiger charge is 2.43. The van der Waals surface area contributed by atoms with Crippen LogP contribution >= 0.6 is 0 Å². The van der Waals surface area contributed by atoms with Gasteiger partial charge < -0.3 is 25.4 Å². The van der Waals surface area contributed by atoms with Crippen LogP contribution in [0, 0.1) is 0 Å². The first-order chi connectivity index (χ1) is 8.88. The van der Waals surface area contributed by atoms with Crippen molar-refractivity contribution in [2.24, 2.45) is 0 Å². The van der Waals surface area contributed by atoms with Crippen molar-refractivity contribution in [1.29, 1.82) is 0 Å². The molecule has 0 spiro atoms. The first-order valence-corrected chi connectivity index (χ1v) is 6.06. The van der Waals surface area contributed by atoms with Gasteiger partial charge in [0.25, 0.3) is 0 Å². The zero-order valence-corrected chi connectivity index (χ0v) is 10.6. The molecule has 2 fully saturated rings. The number of hydrogen-bond acceptors (Lipinski definition) is 4. The minimum absolute atomic E-state index is 0.0662. The molecule has 1 atom stereocenters. The molecule has 0 bridgehead atoms. The molecule has 2 rings (SSSR count). The molecule has 2 saturated heterocycles. The van der Waals surface area contributed by atoms with E-state index >= 15 is 0 Å². The maximum absolute atomic E-state index is 11.8. The maximum Gasteiger partial charge on any atom is 0.329 e. The van der Waals surface area contributed by atoms with E-state index in [-0.39, 0.29) is 24.6 Å². The molecule has 0 aromatic rings. The van der Waals surface area contributed by atoms with Crippen LogP contribution in [0.25, 0.3) is 0 Å². The average molecular weight is 271 g/mol. The SMILES string of the molecule is CC1(OCC(=O)O)CN(C(=O)NC2CNC(=O)C2)C1. The van der Waals surface area contributed by atoms with Gasteiger partial charge in [0.15, 0.2) is 0 Å². The van der Waals surface area contributed by atoms with Crippen molar-refractivity contribution < 1.29 is 24.2 Å². The molecule has 3 amide bonds. The number of carbonyl (C=O) groups is 3. The predicted molar refractivity (Wildman–Crippen MR) is 63.5 cm³/mol. The minimum Gasteiger partial charge on any atom is -0.480 e. The number of urea groups is 1. The van der Waals surface area contributed by atoms with Crippen molar-refractivity contribution >= 4 is 17.9 Å². The highest BCUT2D eigenvalue weighted by molar-refractivity contribution is 5.81. The topological polar surface area (TPSA) is 108 Å². The van der Waals surface area contributed by atoms with Gasteiger partial charge >= 0.3 is 12.0 Å². The molecule has 2 heterocycles. The van der Waals surface area contributed by atoms with Crippen molar-refractivity contribution in [3.63, 3.8) is 0 Å². The Hall–Kier alpha value is -1.83. The van der Waals surface area contributed by atoms with Gasteiger partial charge in [0.05, 0.1) is 19.1 Å². The van der Waals surface area contributed by atoms with E-state index in [0.717, 1.165) is 0 Å². The molecule has 106 valence electrons. The second-order valence-corrected chi connectivity index (χ2v) is 5.14. The molecule has 3 N–H and O–H groups in total. The van der Waals surface area contributed by atoms with Crippen LogP contribution in [0.3, 0.4) is 0 Å². The third-order valence-electron chi connectivity index (χ3n) is 3.19. The van der Waals surface area contributed by atoms with E-state index in [4.69, 9.17) is 9.84 Å². The van der Waals surface area contributed by atoms with Crippen molar-refractivity contribution in [1.82, 2.24) is 15.5 Å². The number of ether oxygens (including phenoxy) is 1. The lowest BCUT2D eigenvalue weighted by atomic mass is 9.97. The molecule has 0 aliphatic carbocycles. The number of hydrogen-bond donors (Lipinski definition) is 3. The normalized spacial score (nSPS) is 24.6. The highest BCUT2D eigenvalue weighted by Crippen LogP contribution is 2.24. The Labute approximate surface area is 110 Å². The summed E-state index contributed by atoms with van der Waals surface area (Å²) in [6, 6.07) is -0.426. The van der Waals surface area contributed by atoms with Gasteiger partial charge in [0, 0.05) is 13.0 Å². The fraction of sp³-hybridized carbons (Fsp3) is 0.727. The van der Waals surface area contributed by atoms with Gasteiger partial charge in [-0.05, 0) is 6.92 Å². The van der Waals surface area contributed by atoms with Gasteiger partial charge in [-0.3, -0.25) is 4.79 Å². The summed E-state index contributed by atoms with van der Waals surface area (Å²) in [5, 5.41) is 13.9. The first kappa shape index (κ1) is 13.6. The number of aliphatic carboxylic acids is 1. The fourth-order valence-corrected chi connectivity index (χ4v) is 2.21. The zero-order valence-electron chi connectivity index (χ0n) is 10.6. The molecule has 19 heavy (non-hydrogen) atoms. The maximum atomic E-state index is 11.8. The Morgan fingerprint density at radius 2 is 2.26 bits per heavy atom. The summed E-state index contributed by atoms with van der Waals surface area (Å²) in [6.07, 6.45) is 0.298. The molecule has 0 radical (unpaired) electrons. The number of carboxylic acid groups (broad SMARTS) is 1. The molecule has 8 nitrogen and oxygen atoms in total. The second kappa shape index (κ2) is 5.04. The summed E-state index contributed by atoms with van der Waals surface area (Å²) in [5.74, 6) is -1.09. The van der Waals surface area contributed by atoms with Crippen LogP contribution in [0.15, 0.2) is 0 Å². The van der Waals surface area contributed by atoms with Crippen molar-refractivity contribution in [2.75, 3.05) is 26.2 Å². The summed E-state index contributed by atoms with van der Waals surface area (Å²) in [4.78, 5) is 34.7. The Morgan fingerprint density at radius 3 is 2.79 bits per heavy atom. The van der Waals surface area contributed by atoms with Gasteiger partial charge in [0.2, 0.25) is 5.91 Å². The summed E-state index contributed by atoms with van der Waals surface area (Å²) < 4.78 is 5.21. The molecule has 2 aliphatic rings. The fourth-order valence-electron chi connectivity index (χ4n) is 2.21. The molecule has 0 aromatic carbocycles. The van der Waals surface area contributed by atoms with Crippen LogP contribution in [0.4, 0.5) is 4.79 Å². The van der Waals surface area contributed by atoms with Gasteiger partial charge in [-0.25, -0.2) is 9.59 Å². The van der Waals surface area contributed by atoms with E-state index in [1.54, 1.807) is 6.92 Å². The summed E-state index contributed by atoms with van der Waals surface area (Å²) in [5.41, 5.74) is -0.598. The standard InChI is InChI=1S/C11H17N3O5/c1-11(19-4-9(16)17)5-14(6-11)10(18)13-7-2-8(15)12-3-7/h7H,2-6H2,1H3,(H,12,15)(H,13,18)(H,16,17). The van der Waals surface area contributed by atoms with E-state index in [1.807, 2.05) is 0 Å². The number of carbonyl (C=O) groups excluding carboxylic acids is 2. The smallest absolute Gasteiger partial charge is 0.329 e. The Morgan fingerprint density at radius 1 is 1.58 bits per heavy atom. The third kappa shape index (κ3) is 3.34. The Kier molecular flexibility index (Phi) is 3.61. The Balaban J connectivity index is 1.72. The predicted octanol–water partition coefficient (Wildman–Crippen LogP) is -1.24. The number of nitrogens with one attached hydrogen (secondary N) is 2. The van der Waals surface area contributed by atoms with E-state index in [9.17, 15) is 14.4 Å². The van der Waals surface area contributed by atoms with Crippen molar-refractivity contribution in [3.8, 4) is 0 Å². The van der Waals surface area contributed by atoms with Crippen LogP contribution in [-0.2, 0) is 14.3 Å². The summed E-state index contributed by atoms with van der Waals surface area (Å²) in [7, 11) is 0. The van der Waals surface area contributed by atoms with Crippen molar-refractivity contribution in [2.45, 2.75) is 25.0 Å². The number of rotatable bonds is 4. The number of carboxylic acids is 1. The van der Waals surface area contributed by atoms with E-state index < -0.39 is 11.6 Å². The van der Waals surface area contributed by atoms with E-state index in [2.05, 4.69) is 10.6 Å². The lowest BCUT2D eigenvalue weighted by Gasteiger charge is -2.47. The van der Waals surface area contributed by atoms with Gasteiger partial charge in [-0.2, -0.15) is 0 Å². The third-order valence-corrected chi connectivity index (χ3v) is 3.19. The van der Waals surface area contributed by atoms with E-state index in [1.165, 1.54) is 4.90 Å². The number of amides is 3. The van der Waals surface area contributed by atoms with Crippen LogP contribution in [-0.4, -0.2) is 65.8 Å². The molecular formula is C11H17N3O5. The quantitative estimate of drug-likeness (QED) is 0.592. The molecular weight excluding hydrogens is 254 g/mol. The van der Waals surface area contributed by atoms with Crippen LogP contribution in [0.2, 0.25) is 0 Å². The molecule has 8 heteroatoms. The van der Waals surface area contributed by atoms with Crippen LogP contribution < -0.4 is 10.6 Å². The number of likely N-dealkylation sites (tertiary alicyclic amines) is 1. The van der Waals surface area contributed by atoms with Crippen molar-refractivity contribution in [3.05, 3.63) is 0 Å². The van der Waals surface area contributed by atoms with Crippen LogP contribution in [0.5, 0.6) is 0 Å². The minimum atomic E-state index is -1.03. The molecule has 2 aliphatic heterocycles. The zero-order chi connectivity index (χ0) is 14.0. The van der Waals surface area contributed by atoms with Gasteiger partial charge in [0.1, 0.15) is 12.2 Å². The lowest BCUT2D eigenvalue weighted by Crippen LogP contribution is -2.66. The summed E-state index contributed by atoms with van der Waals surface area (Å²) >= 11 is 0. The number of nitrogens with zero attached hydrogens (tertiary/aromatic N) is 1. The summed E-state index contributed by atoms with van der Waals surface area (Å²) in [6.45, 7) is 2.54. The molecule has 0 aromatic heterocycles. The lowest BCUT2D eigenvalue weighted by molar-refractivity contribution is -0.159. The second-order valence-electron chi connectivity index (χ2n) is 5.14. The first-order valence-electron chi connectivity index (χ1n) is 6.06. The van der Waals surface area contributed by atoms with Crippen LogP contribution in [0.1, 0.15) is 13.3 Å². The Bertz CT molecular complexity index is 405. The van der Waals surface area contributed by atoms with Gasteiger partial charge in [-0.1, -0.05) is 0 Å². The molecule has 1 unspecified atom stereocenters. The largest absolute Gasteiger partial charge is 0.480 e. The highest BCUT2D eigenvalue weighted by atomic mass is 16.5. The van der Waals surface area contributed by atoms with E-state index in [0.29, 0.717) is 26.1 Å².